The largest absolute Gasteiger partial charge is 0.244 e. The molecule has 3 nitrogen and oxygen atoms in total. The third-order valence-electron chi connectivity index (χ3n) is 1.69. The molecule has 2 rings (SSSR count). The van der Waals surface area contributed by atoms with Crippen molar-refractivity contribution in [1.82, 2.24) is 15.0 Å². The van der Waals surface area contributed by atoms with E-state index in [1.54, 1.807) is 0 Å². The minimum atomic E-state index is -0.861. The molecule has 0 N–H and O–H groups in total. The molecule has 0 saturated heterocycles. The van der Waals surface area contributed by atoms with Gasteiger partial charge in [0.15, 0.2) is 0 Å². The van der Waals surface area contributed by atoms with Gasteiger partial charge in [0.1, 0.15) is 6.33 Å². The van der Waals surface area contributed by atoms with Crippen LogP contribution in [0.4, 0.5) is 8.78 Å². The van der Waals surface area contributed by atoms with Crippen LogP contribution in [-0.4, -0.2) is 15.0 Å². The van der Waals surface area contributed by atoms with Crippen LogP contribution in [0.5, 0.6) is 0 Å². The molecule has 0 unspecified atom stereocenters. The number of hydrogen-bond acceptors (Lipinski definition) is 3. The first kappa shape index (κ1) is 8.68. The van der Waals surface area contributed by atoms with Gasteiger partial charge in [0.25, 0.3) is 0 Å². The molecule has 2 aromatic heterocycles. The van der Waals surface area contributed by atoms with E-state index in [2.05, 4.69) is 15.0 Å². The monoisotopic (exact) mass is 193 g/mol. The van der Waals surface area contributed by atoms with E-state index in [1.807, 2.05) is 0 Å². The molecule has 0 spiro atoms. The molecule has 0 aliphatic rings. The van der Waals surface area contributed by atoms with E-state index in [0.717, 1.165) is 6.07 Å². The highest BCUT2D eigenvalue weighted by atomic mass is 19.1. The molecule has 0 aliphatic carbocycles. The van der Waals surface area contributed by atoms with Gasteiger partial charge in [0.05, 0.1) is 0 Å². The highest BCUT2D eigenvalue weighted by molar-refractivity contribution is 5.60. The van der Waals surface area contributed by atoms with Crippen LogP contribution in [0.2, 0.25) is 0 Å². The van der Waals surface area contributed by atoms with Crippen molar-refractivity contribution in [1.29, 1.82) is 0 Å². The van der Waals surface area contributed by atoms with Crippen molar-refractivity contribution in [2.45, 2.75) is 0 Å². The molecular formula is C9H5F2N3. The summed E-state index contributed by atoms with van der Waals surface area (Å²) >= 11 is 0. The van der Waals surface area contributed by atoms with Gasteiger partial charge < -0.3 is 0 Å². The number of aromatic nitrogens is 3. The van der Waals surface area contributed by atoms with Gasteiger partial charge in [-0.15, -0.1) is 0 Å². The van der Waals surface area contributed by atoms with Crippen LogP contribution in [-0.2, 0) is 0 Å². The molecular weight excluding hydrogens is 188 g/mol. The van der Waals surface area contributed by atoms with E-state index >= 15 is 0 Å². The lowest BCUT2D eigenvalue weighted by molar-refractivity contribution is 0.515. The molecule has 5 heteroatoms. The second kappa shape index (κ2) is 3.45. The van der Waals surface area contributed by atoms with E-state index in [4.69, 9.17) is 0 Å². The van der Waals surface area contributed by atoms with Crippen molar-refractivity contribution >= 4 is 0 Å². The van der Waals surface area contributed by atoms with E-state index in [0.29, 0.717) is 5.56 Å². The number of rotatable bonds is 1. The summed E-state index contributed by atoms with van der Waals surface area (Å²) in [5.41, 5.74) is 0.657. The van der Waals surface area contributed by atoms with Gasteiger partial charge in [0, 0.05) is 23.5 Å². The van der Waals surface area contributed by atoms with Crippen molar-refractivity contribution in [3.05, 3.63) is 42.7 Å². The fraction of sp³-hybridized carbons (Fsp3) is 0. The van der Waals surface area contributed by atoms with Crippen molar-refractivity contribution in [2.75, 3.05) is 0 Å². The zero-order chi connectivity index (χ0) is 9.97. The standard InChI is InChI=1S/C9H5F2N3/c10-8-2-1-7(9(11)14-8)6-3-12-5-13-4-6/h1-5H. The van der Waals surface area contributed by atoms with Gasteiger partial charge in [-0.1, -0.05) is 0 Å². The SMILES string of the molecule is Fc1ccc(-c2cncnc2)c(F)n1. The van der Waals surface area contributed by atoms with E-state index in [1.165, 1.54) is 24.8 Å². The lowest BCUT2D eigenvalue weighted by Gasteiger charge is -2.00. The molecule has 0 saturated carbocycles. The van der Waals surface area contributed by atoms with Crippen LogP contribution in [0.25, 0.3) is 11.1 Å². The summed E-state index contributed by atoms with van der Waals surface area (Å²) in [7, 11) is 0. The summed E-state index contributed by atoms with van der Waals surface area (Å²) in [6.45, 7) is 0. The minimum Gasteiger partial charge on any atom is -0.244 e. The van der Waals surface area contributed by atoms with Gasteiger partial charge in [-0.2, -0.15) is 13.8 Å². The van der Waals surface area contributed by atoms with Crippen LogP contribution in [0, 0.1) is 11.9 Å². The second-order valence-corrected chi connectivity index (χ2v) is 2.60. The maximum atomic E-state index is 13.1. The van der Waals surface area contributed by atoms with Gasteiger partial charge in [0.2, 0.25) is 11.9 Å². The number of pyridine rings is 1. The van der Waals surface area contributed by atoms with Crippen LogP contribution in [0.3, 0.4) is 0 Å². The average Bonchev–Trinajstić information content (AvgIpc) is 2.19. The number of halogens is 2. The van der Waals surface area contributed by atoms with Crippen LogP contribution < -0.4 is 0 Å². The predicted molar refractivity (Wildman–Crippen MR) is 45.2 cm³/mol. The van der Waals surface area contributed by atoms with Crippen molar-refractivity contribution in [3.8, 4) is 11.1 Å². The van der Waals surface area contributed by atoms with Gasteiger partial charge in [-0.05, 0) is 12.1 Å². The molecule has 0 radical (unpaired) electrons. The van der Waals surface area contributed by atoms with Crippen molar-refractivity contribution in [2.24, 2.45) is 0 Å². The smallest absolute Gasteiger partial charge is 0.223 e. The summed E-state index contributed by atoms with van der Waals surface area (Å²) in [6.07, 6.45) is 4.20. The maximum Gasteiger partial charge on any atom is 0.223 e. The second-order valence-electron chi connectivity index (χ2n) is 2.60. The first-order valence-corrected chi connectivity index (χ1v) is 3.85. The number of nitrogens with zero attached hydrogens (tertiary/aromatic N) is 3. The highest BCUT2D eigenvalue weighted by Gasteiger charge is 2.07. The normalized spacial score (nSPS) is 10.1. The molecule has 2 aromatic rings. The molecule has 70 valence electrons. The Kier molecular flexibility index (Phi) is 2.14. The first-order chi connectivity index (χ1) is 6.77. The Morgan fingerprint density at radius 2 is 1.71 bits per heavy atom. The van der Waals surface area contributed by atoms with Gasteiger partial charge in [-0.3, -0.25) is 0 Å². The Balaban J connectivity index is 2.53. The molecule has 0 fully saturated rings. The Morgan fingerprint density at radius 3 is 2.36 bits per heavy atom. The molecule has 0 aromatic carbocycles. The summed E-state index contributed by atoms with van der Waals surface area (Å²) in [5, 5.41) is 0. The van der Waals surface area contributed by atoms with Gasteiger partial charge in [-0.25, -0.2) is 9.97 Å². The number of hydrogen-bond donors (Lipinski definition) is 0. The fourth-order valence-corrected chi connectivity index (χ4v) is 1.07. The summed E-state index contributed by atoms with van der Waals surface area (Å²) in [5.74, 6) is -1.71. The quantitative estimate of drug-likeness (QED) is 0.648. The molecule has 2 heterocycles. The Morgan fingerprint density at radius 1 is 1.00 bits per heavy atom. The zero-order valence-electron chi connectivity index (χ0n) is 6.98. The van der Waals surface area contributed by atoms with E-state index in [9.17, 15) is 8.78 Å². The zero-order valence-corrected chi connectivity index (χ0v) is 6.98. The van der Waals surface area contributed by atoms with Crippen molar-refractivity contribution < 1.29 is 8.78 Å². The van der Waals surface area contributed by atoms with Crippen LogP contribution in [0.15, 0.2) is 30.9 Å². The van der Waals surface area contributed by atoms with E-state index in [-0.39, 0.29) is 5.56 Å². The molecule has 14 heavy (non-hydrogen) atoms. The highest BCUT2D eigenvalue weighted by Crippen LogP contribution is 2.19. The topological polar surface area (TPSA) is 38.7 Å². The van der Waals surface area contributed by atoms with Crippen molar-refractivity contribution in [3.63, 3.8) is 0 Å². The Labute approximate surface area is 78.5 Å². The fourth-order valence-electron chi connectivity index (χ4n) is 1.07. The average molecular weight is 193 g/mol. The van der Waals surface area contributed by atoms with Crippen LogP contribution in [0.1, 0.15) is 0 Å². The Bertz CT molecular complexity index is 445. The lowest BCUT2D eigenvalue weighted by atomic mass is 10.1. The molecule has 0 aliphatic heterocycles. The molecule has 0 amide bonds. The van der Waals surface area contributed by atoms with E-state index < -0.39 is 11.9 Å². The summed E-state index contributed by atoms with van der Waals surface area (Å²) in [4.78, 5) is 10.5. The molecule has 0 atom stereocenters. The third-order valence-corrected chi connectivity index (χ3v) is 1.69. The molecule has 0 bridgehead atoms. The Hall–Kier alpha value is -1.91. The predicted octanol–water partition coefficient (Wildman–Crippen LogP) is 1.82. The van der Waals surface area contributed by atoms with Gasteiger partial charge >= 0.3 is 0 Å². The first-order valence-electron chi connectivity index (χ1n) is 3.85. The summed E-state index contributed by atoms with van der Waals surface area (Å²) < 4.78 is 25.6. The lowest BCUT2D eigenvalue weighted by Crippen LogP contribution is -1.92. The van der Waals surface area contributed by atoms with Crippen LogP contribution >= 0.6 is 0 Å². The maximum absolute atomic E-state index is 13.1. The summed E-state index contributed by atoms with van der Waals surface area (Å²) in [6, 6.07) is 2.39. The minimum absolute atomic E-state index is 0.187. The third kappa shape index (κ3) is 1.56.